The standard InChI is InChI=1S/C20H26N2O2/c1-15-6-11-24-20(13-15)7-9-22(10-8-20)19(23)18-12-16-4-2-3-5-17(16)14-21-18/h2-5,13,18,21H,6-12,14H2,1H3/t18-/m1/s1. The van der Waals surface area contributed by atoms with Gasteiger partial charge >= 0.3 is 0 Å². The largest absolute Gasteiger partial charge is 0.370 e. The van der Waals surface area contributed by atoms with Gasteiger partial charge in [-0.25, -0.2) is 0 Å². The van der Waals surface area contributed by atoms with Gasteiger partial charge in [0.05, 0.1) is 18.2 Å². The number of ether oxygens (including phenoxy) is 1. The summed E-state index contributed by atoms with van der Waals surface area (Å²) in [7, 11) is 0. The van der Waals surface area contributed by atoms with Crippen molar-refractivity contribution in [2.45, 2.75) is 50.8 Å². The van der Waals surface area contributed by atoms with Crippen molar-refractivity contribution in [3.05, 3.63) is 47.0 Å². The van der Waals surface area contributed by atoms with Crippen LogP contribution >= 0.6 is 0 Å². The quantitative estimate of drug-likeness (QED) is 0.806. The molecule has 1 aromatic carbocycles. The van der Waals surface area contributed by atoms with E-state index in [9.17, 15) is 4.79 Å². The maximum absolute atomic E-state index is 12.9. The predicted molar refractivity (Wildman–Crippen MR) is 93.6 cm³/mol. The summed E-state index contributed by atoms with van der Waals surface area (Å²) in [5, 5.41) is 3.42. The average molecular weight is 326 g/mol. The summed E-state index contributed by atoms with van der Waals surface area (Å²) in [6, 6.07) is 8.32. The van der Waals surface area contributed by atoms with Crippen LogP contribution in [0.5, 0.6) is 0 Å². The van der Waals surface area contributed by atoms with Crippen molar-refractivity contribution in [2.24, 2.45) is 0 Å². The number of likely N-dealkylation sites (tertiary alicyclic amines) is 1. The van der Waals surface area contributed by atoms with Crippen LogP contribution in [0.2, 0.25) is 0 Å². The Labute approximate surface area is 143 Å². The second-order valence-electron chi connectivity index (χ2n) is 7.39. The normalized spacial score (nSPS) is 26.0. The number of carbonyl (C=O) groups excluding carboxylic acids is 1. The van der Waals surface area contributed by atoms with Gasteiger partial charge in [0.1, 0.15) is 0 Å². The Morgan fingerprint density at radius 3 is 2.75 bits per heavy atom. The van der Waals surface area contributed by atoms with Crippen LogP contribution in [-0.2, 0) is 22.5 Å². The summed E-state index contributed by atoms with van der Waals surface area (Å²) in [6.07, 6.45) is 5.97. The minimum atomic E-state index is -0.119. The third-order valence-electron chi connectivity index (χ3n) is 5.70. The van der Waals surface area contributed by atoms with Crippen molar-refractivity contribution in [1.29, 1.82) is 0 Å². The van der Waals surface area contributed by atoms with Crippen LogP contribution in [0.1, 0.15) is 37.3 Å². The fourth-order valence-corrected chi connectivity index (χ4v) is 4.22. The number of fused-ring (bicyclic) bond motifs is 1. The number of amides is 1. The van der Waals surface area contributed by atoms with Gasteiger partial charge in [-0.05, 0) is 43.7 Å². The maximum atomic E-state index is 12.9. The first-order valence-corrected chi connectivity index (χ1v) is 9.06. The van der Waals surface area contributed by atoms with Crippen LogP contribution in [0.3, 0.4) is 0 Å². The van der Waals surface area contributed by atoms with Gasteiger partial charge in [-0.1, -0.05) is 35.9 Å². The average Bonchev–Trinajstić information content (AvgIpc) is 2.61. The number of hydrogen-bond donors (Lipinski definition) is 1. The third-order valence-corrected chi connectivity index (χ3v) is 5.70. The minimum absolute atomic E-state index is 0.0847. The van der Waals surface area contributed by atoms with Gasteiger partial charge in [0.15, 0.2) is 0 Å². The van der Waals surface area contributed by atoms with Gasteiger partial charge in [-0.2, -0.15) is 0 Å². The van der Waals surface area contributed by atoms with E-state index in [0.717, 1.165) is 51.9 Å². The highest BCUT2D eigenvalue weighted by molar-refractivity contribution is 5.82. The molecule has 0 aliphatic carbocycles. The lowest BCUT2D eigenvalue weighted by atomic mass is 9.86. The van der Waals surface area contributed by atoms with Gasteiger partial charge in [0.25, 0.3) is 0 Å². The molecule has 1 fully saturated rings. The molecule has 1 aromatic rings. The number of nitrogens with one attached hydrogen (secondary N) is 1. The van der Waals surface area contributed by atoms with Gasteiger partial charge in [0.2, 0.25) is 5.91 Å². The molecule has 0 aromatic heterocycles. The molecule has 1 spiro atoms. The summed E-state index contributed by atoms with van der Waals surface area (Å²) in [5.41, 5.74) is 3.92. The first-order chi connectivity index (χ1) is 11.7. The summed E-state index contributed by atoms with van der Waals surface area (Å²) in [4.78, 5) is 14.9. The number of carbonyl (C=O) groups is 1. The molecular formula is C20H26N2O2. The molecule has 24 heavy (non-hydrogen) atoms. The molecule has 128 valence electrons. The summed E-state index contributed by atoms with van der Waals surface area (Å²) < 4.78 is 6.07. The lowest BCUT2D eigenvalue weighted by Crippen LogP contribution is -2.54. The van der Waals surface area contributed by atoms with Crippen LogP contribution in [0.15, 0.2) is 35.9 Å². The number of hydrogen-bond acceptors (Lipinski definition) is 3. The molecule has 1 N–H and O–H groups in total. The third kappa shape index (κ3) is 3.01. The topological polar surface area (TPSA) is 41.6 Å². The molecule has 4 nitrogen and oxygen atoms in total. The van der Waals surface area contributed by atoms with Gasteiger partial charge < -0.3 is 15.0 Å². The molecule has 0 unspecified atom stereocenters. The maximum Gasteiger partial charge on any atom is 0.240 e. The van der Waals surface area contributed by atoms with E-state index in [4.69, 9.17) is 4.74 Å². The second kappa shape index (κ2) is 6.34. The van der Waals surface area contributed by atoms with Crippen molar-refractivity contribution in [3.8, 4) is 0 Å². The Kier molecular flexibility index (Phi) is 4.19. The van der Waals surface area contributed by atoms with Crippen molar-refractivity contribution in [2.75, 3.05) is 19.7 Å². The monoisotopic (exact) mass is 326 g/mol. The summed E-state index contributed by atoms with van der Waals surface area (Å²) in [6.45, 7) is 5.38. The molecule has 4 heteroatoms. The van der Waals surface area contributed by atoms with Crippen LogP contribution in [-0.4, -0.2) is 42.1 Å². The number of piperidine rings is 1. The van der Waals surface area contributed by atoms with Crippen LogP contribution in [0.4, 0.5) is 0 Å². The van der Waals surface area contributed by atoms with Crippen LogP contribution in [0.25, 0.3) is 0 Å². The SMILES string of the molecule is CC1=CC2(CCN(C(=O)[C@H]3Cc4ccccc4CN3)CC2)OCC1. The van der Waals surface area contributed by atoms with Crippen molar-refractivity contribution >= 4 is 5.91 Å². The van der Waals surface area contributed by atoms with Crippen molar-refractivity contribution in [3.63, 3.8) is 0 Å². The zero-order valence-electron chi connectivity index (χ0n) is 14.4. The molecule has 0 bridgehead atoms. The van der Waals surface area contributed by atoms with Crippen molar-refractivity contribution < 1.29 is 9.53 Å². The Morgan fingerprint density at radius 1 is 1.25 bits per heavy atom. The van der Waals surface area contributed by atoms with E-state index < -0.39 is 0 Å². The van der Waals surface area contributed by atoms with Crippen LogP contribution in [0, 0.1) is 0 Å². The molecule has 3 heterocycles. The highest BCUT2D eigenvalue weighted by Crippen LogP contribution is 2.33. The Hall–Kier alpha value is -1.65. The molecular weight excluding hydrogens is 300 g/mol. The van der Waals surface area contributed by atoms with E-state index in [1.165, 1.54) is 16.7 Å². The zero-order valence-corrected chi connectivity index (χ0v) is 14.4. The van der Waals surface area contributed by atoms with Gasteiger partial charge in [-0.3, -0.25) is 4.79 Å². The fourth-order valence-electron chi connectivity index (χ4n) is 4.22. The number of rotatable bonds is 1. The second-order valence-corrected chi connectivity index (χ2v) is 7.39. The molecule has 0 radical (unpaired) electrons. The molecule has 1 saturated heterocycles. The van der Waals surface area contributed by atoms with Gasteiger partial charge in [-0.15, -0.1) is 0 Å². The number of benzene rings is 1. The predicted octanol–water partition coefficient (Wildman–Crippen LogP) is 2.43. The summed E-state index contributed by atoms with van der Waals surface area (Å²) >= 11 is 0. The molecule has 3 aliphatic rings. The molecule has 0 saturated carbocycles. The Bertz CT molecular complexity index is 659. The molecule has 4 rings (SSSR count). The molecule has 1 amide bonds. The summed E-state index contributed by atoms with van der Waals surface area (Å²) in [5.74, 6) is 0.246. The molecule has 3 aliphatic heterocycles. The molecule has 1 atom stereocenters. The number of nitrogens with zero attached hydrogens (tertiary/aromatic N) is 1. The van der Waals surface area contributed by atoms with E-state index >= 15 is 0 Å². The van der Waals surface area contributed by atoms with E-state index in [0.29, 0.717) is 0 Å². The van der Waals surface area contributed by atoms with Crippen molar-refractivity contribution in [1.82, 2.24) is 10.2 Å². The Balaban J connectivity index is 1.40. The minimum Gasteiger partial charge on any atom is -0.370 e. The fraction of sp³-hybridized carbons (Fsp3) is 0.550. The highest BCUT2D eigenvalue weighted by atomic mass is 16.5. The first kappa shape index (κ1) is 15.9. The first-order valence-electron chi connectivity index (χ1n) is 9.06. The lowest BCUT2D eigenvalue weighted by Gasteiger charge is -2.43. The highest BCUT2D eigenvalue weighted by Gasteiger charge is 2.38. The van der Waals surface area contributed by atoms with Crippen LogP contribution < -0.4 is 5.32 Å². The van der Waals surface area contributed by atoms with E-state index in [2.05, 4.69) is 42.6 Å². The van der Waals surface area contributed by atoms with E-state index in [1.54, 1.807) is 0 Å². The zero-order chi connectivity index (χ0) is 16.6. The van der Waals surface area contributed by atoms with E-state index in [1.807, 2.05) is 4.90 Å². The van der Waals surface area contributed by atoms with Gasteiger partial charge in [0, 0.05) is 19.6 Å². The Morgan fingerprint density at radius 2 is 2.00 bits per heavy atom. The smallest absolute Gasteiger partial charge is 0.240 e. The lowest BCUT2D eigenvalue weighted by molar-refractivity contribution is -0.138. The van der Waals surface area contributed by atoms with E-state index in [-0.39, 0.29) is 17.6 Å².